The van der Waals surface area contributed by atoms with Crippen molar-refractivity contribution in [3.8, 4) is 0 Å². The number of primary amides is 1. The second-order valence-corrected chi connectivity index (χ2v) is 11.8. The largest absolute Gasteiger partial charge is 0.352 e. The van der Waals surface area contributed by atoms with Gasteiger partial charge in [-0.25, -0.2) is 13.2 Å². The summed E-state index contributed by atoms with van der Waals surface area (Å²) in [6.07, 6.45) is 3.56. The number of aryl methyl sites for hydroxylation is 1. The molecule has 0 aliphatic carbocycles. The molecule has 40 heavy (non-hydrogen) atoms. The van der Waals surface area contributed by atoms with Crippen LogP contribution in [0.3, 0.4) is 0 Å². The predicted molar refractivity (Wildman–Crippen MR) is 151 cm³/mol. The van der Waals surface area contributed by atoms with Gasteiger partial charge >= 0.3 is 6.03 Å². The Balaban J connectivity index is 1.53. The molecule has 0 saturated carbocycles. The molecule has 0 saturated heterocycles. The molecule has 2 unspecified atom stereocenters. The molecule has 10 heteroatoms. The third-order valence-electron chi connectivity index (χ3n) is 7.56. The molecule has 1 aromatic heterocycles. The average Bonchev–Trinajstić information content (AvgIpc) is 3.50. The number of carbonyl (C=O) groups is 2. The molecule has 3 amide bonds. The van der Waals surface area contributed by atoms with Crippen molar-refractivity contribution in [1.82, 2.24) is 10.3 Å². The van der Waals surface area contributed by atoms with Crippen LogP contribution in [0, 0.1) is 6.92 Å². The van der Waals surface area contributed by atoms with Gasteiger partial charge in [0.05, 0.1) is 10.6 Å². The highest BCUT2D eigenvalue weighted by Gasteiger charge is 2.53. The lowest BCUT2D eigenvalue weighted by molar-refractivity contribution is -0.120. The number of sulfonamides is 1. The van der Waals surface area contributed by atoms with Crippen molar-refractivity contribution < 1.29 is 18.0 Å². The lowest BCUT2D eigenvalue weighted by Crippen LogP contribution is -2.63. The molecule has 2 aliphatic heterocycles. The Morgan fingerprint density at radius 2 is 1.52 bits per heavy atom. The molecule has 3 N–H and O–H groups in total. The first-order valence-corrected chi connectivity index (χ1v) is 14.3. The fourth-order valence-electron chi connectivity index (χ4n) is 5.80. The Morgan fingerprint density at radius 3 is 2.20 bits per heavy atom. The molecular formula is C30H27N5O4S. The predicted octanol–water partition coefficient (Wildman–Crippen LogP) is 3.62. The molecule has 202 valence electrons. The third kappa shape index (κ3) is 3.99. The summed E-state index contributed by atoms with van der Waals surface area (Å²) in [6, 6.07) is 22.5. The van der Waals surface area contributed by atoms with E-state index in [0.717, 1.165) is 16.7 Å². The van der Waals surface area contributed by atoms with Gasteiger partial charge in [0, 0.05) is 36.5 Å². The highest BCUT2D eigenvalue weighted by atomic mass is 32.2. The Kier molecular flexibility index (Phi) is 6.07. The van der Waals surface area contributed by atoms with Gasteiger partial charge in [0.15, 0.2) is 5.66 Å². The van der Waals surface area contributed by atoms with Crippen LogP contribution in [0.5, 0.6) is 0 Å². The van der Waals surface area contributed by atoms with Crippen LogP contribution < -0.4 is 20.3 Å². The van der Waals surface area contributed by atoms with E-state index in [2.05, 4.69) is 10.3 Å². The van der Waals surface area contributed by atoms with Crippen molar-refractivity contribution in [3.63, 3.8) is 0 Å². The summed E-state index contributed by atoms with van der Waals surface area (Å²) < 4.78 is 29.5. The summed E-state index contributed by atoms with van der Waals surface area (Å²) in [6.45, 7) is 1.88. The lowest BCUT2D eigenvalue weighted by atomic mass is 9.94. The van der Waals surface area contributed by atoms with Crippen molar-refractivity contribution in [3.05, 3.63) is 120 Å². The SMILES string of the molecule is Cc1ccc(S(=O)(=O)N2c3ccccc3CC2C(=O)N2c3ccccc3CC2(NC(N)=O)c2ccncc2)cc1. The van der Waals surface area contributed by atoms with Crippen LogP contribution in [0.4, 0.5) is 16.2 Å². The van der Waals surface area contributed by atoms with Gasteiger partial charge in [-0.15, -0.1) is 0 Å². The first-order chi connectivity index (χ1) is 19.2. The number of aromatic nitrogens is 1. The van der Waals surface area contributed by atoms with E-state index >= 15 is 0 Å². The first-order valence-electron chi connectivity index (χ1n) is 12.8. The van der Waals surface area contributed by atoms with Crippen molar-refractivity contribution >= 4 is 33.3 Å². The van der Waals surface area contributed by atoms with Crippen LogP contribution in [0.2, 0.25) is 0 Å². The smallest absolute Gasteiger partial charge is 0.314 e. The van der Waals surface area contributed by atoms with E-state index in [1.54, 1.807) is 73.1 Å². The van der Waals surface area contributed by atoms with Gasteiger partial charge in [-0.05, 0) is 54.4 Å². The minimum atomic E-state index is -4.13. The zero-order valence-electron chi connectivity index (χ0n) is 21.7. The van der Waals surface area contributed by atoms with E-state index < -0.39 is 33.7 Å². The monoisotopic (exact) mass is 553 g/mol. The number of hydrogen-bond donors (Lipinski definition) is 2. The molecule has 2 atom stereocenters. The Bertz CT molecular complexity index is 1730. The van der Waals surface area contributed by atoms with Gasteiger partial charge in [0.25, 0.3) is 15.9 Å². The van der Waals surface area contributed by atoms with E-state index in [9.17, 15) is 18.0 Å². The molecule has 0 fully saturated rings. The van der Waals surface area contributed by atoms with E-state index in [1.807, 2.05) is 31.2 Å². The molecule has 0 spiro atoms. The maximum Gasteiger partial charge on any atom is 0.314 e. The first kappa shape index (κ1) is 25.6. The molecule has 0 radical (unpaired) electrons. The van der Waals surface area contributed by atoms with Gasteiger partial charge in [-0.1, -0.05) is 54.1 Å². The number of para-hydroxylation sites is 2. The van der Waals surface area contributed by atoms with Crippen molar-refractivity contribution in [1.29, 1.82) is 0 Å². The number of nitrogens with two attached hydrogens (primary N) is 1. The van der Waals surface area contributed by atoms with Crippen molar-refractivity contribution in [2.24, 2.45) is 5.73 Å². The van der Waals surface area contributed by atoms with Crippen LogP contribution in [-0.4, -0.2) is 31.4 Å². The number of amides is 3. The maximum absolute atomic E-state index is 14.8. The number of nitrogens with zero attached hydrogens (tertiary/aromatic N) is 3. The zero-order valence-corrected chi connectivity index (χ0v) is 22.5. The summed E-state index contributed by atoms with van der Waals surface area (Å²) in [5.74, 6) is -0.484. The molecule has 3 aromatic carbocycles. The number of hydrogen-bond acceptors (Lipinski definition) is 5. The summed E-state index contributed by atoms with van der Waals surface area (Å²) in [4.78, 5) is 32.9. The number of anilines is 2. The van der Waals surface area contributed by atoms with E-state index in [0.29, 0.717) is 16.9 Å². The molecule has 4 aromatic rings. The van der Waals surface area contributed by atoms with Crippen LogP contribution in [-0.2, 0) is 33.3 Å². The van der Waals surface area contributed by atoms with Crippen LogP contribution in [0.1, 0.15) is 22.3 Å². The molecule has 9 nitrogen and oxygen atoms in total. The van der Waals surface area contributed by atoms with Gasteiger partial charge in [0.2, 0.25) is 0 Å². The van der Waals surface area contributed by atoms with E-state index in [4.69, 9.17) is 5.73 Å². The van der Waals surface area contributed by atoms with Crippen LogP contribution in [0.15, 0.2) is 102 Å². The lowest BCUT2D eigenvalue weighted by Gasteiger charge is -2.41. The van der Waals surface area contributed by atoms with Crippen molar-refractivity contribution in [2.75, 3.05) is 9.21 Å². The van der Waals surface area contributed by atoms with E-state index in [1.165, 1.54) is 9.21 Å². The number of pyridine rings is 1. The summed E-state index contributed by atoms with van der Waals surface area (Å²) in [7, 11) is -4.13. The second kappa shape index (κ2) is 9.49. The molecule has 6 rings (SSSR count). The molecule has 2 aliphatic rings. The van der Waals surface area contributed by atoms with Gasteiger partial charge in [-0.2, -0.15) is 0 Å². The number of urea groups is 1. The fourth-order valence-corrected chi connectivity index (χ4v) is 7.44. The van der Waals surface area contributed by atoms with Crippen LogP contribution >= 0.6 is 0 Å². The highest BCUT2D eigenvalue weighted by Crippen LogP contribution is 2.46. The quantitative estimate of drug-likeness (QED) is 0.391. The van der Waals surface area contributed by atoms with E-state index in [-0.39, 0.29) is 17.7 Å². The summed E-state index contributed by atoms with van der Waals surface area (Å²) in [5, 5.41) is 2.83. The normalized spacial score (nSPS) is 19.7. The summed E-state index contributed by atoms with van der Waals surface area (Å²) in [5.41, 5.74) is 8.38. The Labute approximate surface area is 232 Å². The van der Waals surface area contributed by atoms with Gasteiger partial charge in [0.1, 0.15) is 6.04 Å². The number of rotatable bonds is 5. The highest BCUT2D eigenvalue weighted by molar-refractivity contribution is 7.93. The minimum absolute atomic E-state index is 0.0880. The zero-order chi connectivity index (χ0) is 28.1. The topological polar surface area (TPSA) is 126 Å². The summed E-state index contributed by atoms with van der Waals surface area (Å²) >= 11 is 0. The standard InChI is InChI=1S/C30H27N5O4S/c1-20-10-12-24(13-11-20)40(38,39)35-26-9-5-2-6-21(26)18-27(35)28(36)34-25-8-4-3-7-22(25)19-30(34,33-29(31)37)23-14-16-32-17-15-23/h2-17,27H,18-19H2,1H3,(H3,31,33,37). The van der Waals surface area contributed by atoms with Gasteiger partial charge < -0.3 is 11.1 Å². The second-order valence-electron chi connectivity index (χ2n) is 10.0. The molecule has 3 heterocycles. The Morgan fingerprint density at radius 1 is 0.900 bits per heavy atom. The molecule has 0 bridgehead atoms. The number of carbonyl (C=O) groups excluding carboxylic acids is 2. The van der Waals surface area contributed by atoms with Crippen molar-refractivity contribution in [2.45, 2.75) is 36.4 Å². The maximum atomic E-state index is 14.8. The number of nitrogens with one attached hydrogen (secondary N) is 1. The number of fused-ring (bicyclic) bond motifs is 2. The average molecular weight is 554 g/mol. The van der Waals surface area contributed by atoms with Gasteiger partial charge in [-0.3, -0.25) is 19.0 Å². The third-order valence-corrected chi connectivity index (χ3v) is 9.39. The fraction of sp³-hybridized carbons (Fsp3) is 0.167. The number of benzene rings is 3. The van der Waals surface area contributed by atoms with Crippen LogP contribution in [0.25, 0.3) is 0 Å². The Hall–Kier alpha value is -4.70. The molecular weight excluding hydrogens is 526 g/mol. The minimum Gasteiger partial charge on any atom is -0.352 e.